The van der Waals surface area contributed by atoms with E-state index < -0.39 is 38.2 Å². The summed E-state index contributed by atoms with van der Waals surface area (Å²) in [6.07, 6.45) is -9.00. The third kappa shape index (κ3) is 3.06. The van der Waals surface area contributed by atoms with Gasteiger partial charge in [0, 0.05) is 28.1 Å². The maximum atomic E-state index is 13.2. The lowest BCUT2D eigenvalue weighted by Gasteiger charge is -2.12. The van der Waals surface area contributed by atoms with E-state index >= 15 is 0 Å². The van der Waals surface area contributed by atoms with E-state index in [1.165, 1.54) is 0 Å². The molecule has 10 heteroatoms. The van der Waals surface area contributed by atoms with Gasteiger partial charge < -0.3 is 4.98 Å². The number of hydrogen-bond acceptors (Lipinski definition) is 2. The molecule has 0 atom stereocenters. The molecule has 0 fully saturated rings. The smallest absolute Gasteiger partial charge is 0.354 e. The van der Waals surface area contributed by atoms with E-state index in [4.69, 9.17) is 0 Å². The molecule has 0 unspecified atom stereocenters. The van der Waals surface area contributed by atoms with Gasteiger partial charge in [-0.1, -0.05) is 0 Å². The van der Waals surface area contributed by atoms with Crippen molar-refractivity contribution in [3.63, 3.8) is 0 Å². The van der Waals surface area contributed by atoms with Crippen molar-refractivity contribution in [2.75, 3.05) is 6.26 Å². The second-order valence-corrected chi connectivity index (χ2v) is 7.53. The van der Waals surface area contributed by atoms with Gasteiger partial charge >= 0.3 is 12.4 Å². The minimum atomic E-state index is -4.97. The van der Waals surface area contributed by atoms with Crippen LogP contribution in [0.25, 0.3) is 21.8 Å². The SMILES string of the molecule is CS(=O)(=O)c1cc2[nH]c3ccc(C(F)(F)F)cc3c2cc1C(F)(F)F. The zero-order valence-corrected chi connectivity index (χ0v) is 13.2. The monoisotopic (exact) mass is 381 g/mol. The van der Waals surface area contributed by atoms with Crippen LogP contribution in [0.2, 0.25) is 0 Å². The quantitative estimate of drug-likeness (QED) is 0.618. The lowest BCUT2D eigenvalue weighted by Crippen LogP contribution is -2.12. The van der Waals surface area contributed by atoms with E-state index in [9.17, 15) is 34.8 Å². The molecular weight excluding hydrogens is 372 g/mol. The molecule has 0 aliphatic carbocycles. The molecule has 1 N–H and O–H groups in total. The number of H-pyrrole nitrogens is 1. The molecule has 0 amide bonds. The Morgan fingerprint density at radius 3 is 1.96 bits per heavy atom. The van der Waals surface area contributed by atoms with Crippen molar-refractivity contribution in [1.82, 2.24) is 4.98 Å². The van der Waals surface area contributed by atoms with E-state index in [2.05, 4.69) is 4.98 Å². The predicted molar refractivity (Wildman–Crippen MR) is 78.9 cm³/mol. The van der Waals surface area contributed by atoms with Crippen molar-refractivity contribution in [3.8, 4) is 0 Å². The van der Waals surface area contributed by atoms with Crippen LogP contribution in [-0.2, 0) is 22.2 Å². The third-order valence-electron chi connectivity index (χ3n) is 3.73. The number of benzene rings is 2. The summed E-state index contributed by atoms with van der Waals surface area (Å²) in [5, 5.41) is -0.212. The molecule has 2 aromatic carbocycles. The molecule has 1 aromatic heterocycles. The molecule has 0 bridgehead atoms. The molecule has 0 radical (unpaired) electrons. The lowest BCUT2D eigenvalue weighted by atomic mass is 10.1. The van der Waals surface area contributed by atoms with E-state index in [0.29, 0.717) is 12.3 Å². The van der Waals surface area contributed by atoms with Crippen molar-refractivity contribution in [1.29, 1.82) is 0 Å². The first-order chi connectivity index (χ1) is 11.3. The summed E-state index contributed by atoms with van der Waals surface area (Å²) in [6.45, 7) is 0. The van der Waals surface area contributed by atoms with Crippen LogP contribution >= 0.6 is 0 Å². The summed E-state index contributed by atoms with van der Waals surface area (Å²) in [4.78, 5) is 1.71. The van der Waals surface area contributed by atoms with E-state index in [1.54, 1.807) is 0 Å². The molecule has 1 heterocycles. The Labute approximate surface area is 137 Å². The first-order valence-electron chi connectivity index (χ1n) is 6.72. The average molecular weight is 381 g/mol. The average Bonchev–Trinajstić information content (AvgIpc) is 2.80. The zero-order valence-electron chi connectivity index (χ0n) is 12.4. The van der Waals surface area contributed by atoms with E-state index in [-0.39, 0.29) is 21.8 Å². The van der Waals surface area contributed by atoms with Crippen molar-refractivity contribution >= 4 is 31.6 Å². The third-order valence-corrected chi connectivity index (χ3v) is 4.87. The van der Waals surface area contributed by atoms with Gasteiger partial charge in [0.2, 0.25) is 0 Å². The second-order valence-electron chi connectivity index (χ2n) is 5.55. The minimum absolute atomic E-state index is 0.00255. The summed E-state index contributed by atoms with van der Waals surface area (Å²) >= 11 is 0. The molecule has 0 aliphatic heterocycles. The summed E-state index contributed by atoms with van der Waals surface area (Å²) < 4.78 is 102. The molecule has 3 aromatic rings. The first-order valence-corrected chi connectivity index (χ1v) is 8.61. The molecular formula is C15H9F6NO2S. The molecule has 3 nitrogen and oxygen atoms in total. The predicted octanol–water partition coefficient (Wildman–Crippen LogP) is 4.76. The van der Waals surface area contributed by atoms with Crippen molar-refractivity contribution in [2.45, 2.75) is 17.2 Å². The molecule has 25 heavy (non-hydrogen) atoms. The summed E-state index contributed by atoms with van der Waals surface area (Å²) in [5.74, 6) is 0. The first kappa shape index (κ1) is 17.6. The van der Waals surface area contributed by atoms with Crippen molar-refractivity contribution in [2.24, 2.45) is 0 Å². The molecule has 0 spiro atoms. The van der Waals surface area contributed by atoms with Gasteiger partial charge in [-0.05, 0) is 30.3 Å². The Kier molecular flexibility index (Phi) is 3.61. The summed E-state index contributed by atoms with van der Waals surface area (Å²) in [5.41, 5.74) is -2.26. The van der Waals surface area contributed by atoms with Crippen molar-refractivity contribution < 1.29 is 34.8 Å². The number of aromatic amines is 1. The van der Waals surface area contributed by atoms with Gasteiger partial charge in [-0.3, -0.25) is 0 Å². The van der Waals surface area contributed by atoms with E-state index in [1.807, 2.05) is 0 Å². The van der Waals surface area contributed by atoms with Gasteiger partial charge in [-0.15, -0.1) is 0 Å². The number of fused-ring (bicyclic) bond motifs is 3. The second kappa shape index (κ2) is 5.13. The summed E-state index contributed by atoms with van der Waals surface area (Å²) in [7, 11) is -4.20. The maximum absolute atomic E-state index is 13.2. The Morgan fingerprint density at radius 2 is 1.44 bits per heavy atom. The van der Waals surface area contributed by atoms with Crippen LogP contribution in [0.3, 0.4) is 0 Å². The Morgan fingerprint density at radius 1 is 0.840 bits per heavy atom. The standard InChI is InChI=1S/C15H9F6NO2S/c1-25(23,24)13-6-12-9(5-10(13)15(19,20)21)8-4-7(14(16,17)18)2-3-11(8)22-12/h2-6,22H,1H3. The number of halogens is 6. The highest BCUT2D eigenvalue weighted by atomic mass is 32.2. The number of nitrogens with one attached hydrogen (secondary N) is 1. The van der Waals surface area contributed by atoms with Gasteiger partial charge in [0.25, 0.3) is 0 Å². The van der Waals surface area contributed by atoms with Crippen LogP contribution in [-0.4, -0.2) is 19.7 Å². The van der Waals surface area contributed by atoms with E-state index in [0.717, 1.165) is 24.3 Å². The van der Waals surface area contributed by atoms with Crippen molar-refractivity contribution in [3.05, 3.63) is 41.5 Å². The largest absolute Gasteiger partial charge is 0.417 e. The highest BCUT2D eigenvalue weighted by molar-refractivity contribution is 7.90. The number of aromatic nitrogens is 1. The van der Waals surface area contributed by atoms with Gasteiger partial charge in [-0.2, -0.15) is 26.3 Å². The Hall–Kier alpha value is -2.23. The maximum Gasteiger partial charge on any atom is 0.417 e. The van der Waals surface area contributed by atoms with Gasteiger partial charge in [0.1, 0.15) is 0 Å². The zero-order chi connectivity index (χ0) is 18.8. The number of rotatable bonds is 1. The van der Waals surface area contributed by atoms with Crippen LogP contribution in [0.1, 0.15) is 11.1 Å². The van der Waals surface area contributed by atoms with Crippen LogP contribution in [0, 0.1) is 0 Å². The van der Waals surface area contributed by atoms with Crippen LogP contribution in [0.15, 0.2) is 35.2 Å². The van der Waals surface area contributed by atoms with Crippen LogP contribution in [0.4, 0.5) is 26.3 Å². The topological polar surface area (TPSA) is 49.9 Å². The molecule has 0 saturated heterocycles. The Balaban J connectivity index is 2.44. The Bertz CT molecular complexity index is 1090. The van der Waals surface area contributed by atoms with Gasteiger partial charge in [-0.25, -0.2) is 8.42 Å². The normalized spacial score (nSPS) is 13.7. The number of hydrogen-bond donors (Lipinski definition) is 1. The van der Waals surface area contributed by atoms with Gasteiger partial charge in [0.15, 0.2) is 9.84 Å². The fourth-order valence-electron chi connectivity index (χ4n) is 2.63. The van der Waals surface area contributed by atoms with Crippen LogP contribution < -0.4 is 0 Å². The highest BCUT2D eigenvalue weighted by Gasteiger charge is 2.37. The number of sulfone groups is 1. The highest BCUT2D eigenvalue weighted by Crippen LogP contribution is 2.40. The summed E-state index contributed by atoms with van der Waals surface area (Å²) in [6, 6.07) is 3.96. The molecule has 0 aliphatic rings. The molecule has 3 rings (SSSR count). The lowest BCUT2D eigenvalue weighted by molar-refractivity contribution is -0.140. The fraction of sp³-hybridized carbons (Fsp3) is 0.200. The molecule has 0 saturated carbocycles. The minimum Gasteiger partial charge on any atom is -0.354 e. The number of alkyl halides is 6. The molecule has 134 valence electrons. The van der Waals surface area contributed by atoms with Gasteiger partial charge in [0.05, 0.1) is 16.0 Å². The van der Waals surface area contributed by atoms with Crippen LogP contribution in [0.5, 0.6) is 0 Å². The fourth-order valence-corrected chi connectivity index (χ4v) is 3.54.